The van der Waals surface area contributed by atoms with Gasteiger partial charge in [0, 0.05) is 12.1 Å². The number of anilines is 2. The molecule has 5 heteroatoms. The molecule has 0 unspecified atom stereocenters. The molecule has 0 amide bonds. The average molecular weight is 293 g/mol. The Morgan fingerprint density at radius 2 is 1.64 bits per heavy atom. The highest BCUT2D eigenvalue weighted by Gasteiger charge is 2.11. The van der Waals surface area contributed by atoms with E-state index in [1.165, 1.54) is 0 Å². The summed E-state index contributed by atoms with van der Waals surface area (Å²) in [6.45, 7) is 0. The van der Waals surface area contributed by atoms with Crippen LogP contribution in [0.15, 0.2) is 65.5 Å². The molecule has 1 heterocycles. The van der Waals surface area contributed by atoms with Gasteiger partial charge in [-0.05, 0) is 17.7 Å². The van der Waals surface area contributed by atoms with Gasteiger partial charge in [-0.3, -0.25) is 9.78 Å². The van der Waals surface area contributed by atoms with E-state index in [0.29, 0.717) is 6.42 Å². The lowest BCUT2D eigenvalue weighted by molar-refractivity contribution is 0.445. The number of nitrogens with one attached hydrogen (secondary N) is 2. The molecular formula is C17H15N3O2. The predicted molar refractivity (Wildman–Crippen MR) is 85.5 cm³/mol. The molecule has 0 saturated heterocycles. The molecule has 0 atom stereocenters. The van der Waals surface area contributed by atoms with Gasteiger partial charge in [0.25, 0.3) is 5.56 Å². The average Bonchev–Trinajstić information content (AvgIpc) is 2.53. The first kappa shape index (κ1) is 13.9. The zero-order chi connectivity index (χ0) is 15.4. The zero-order valence-corrected chi connectivity index (χ0v) is 11.8. The molecule has 5 nitrogen and oxygen atoms in total. The van der Waals surface area contributed by atoms with E-state index in [1.807, 2.05) is 60.7 Å². The number of rotatable bonds is 4. The molecule has 2 aromatic carbocycles. The van der Waals surface area contributed by atoms with Crippen molar-refractivity contribution < 1.29 is 5.11 Å². The lowest BCUT2D eigenvalue weighted by Crippen LogP contribution is -2.16. The van der Waals surface area contributed by atoms with Crippen molar-refractivity contribution in [2.75, 3.05) is 5.32 Å². The van der Waals surface area contributed by atoms with Gasteiger partial charge in [-0.15, -0.1) is 0 Å². The standard InChI is InChI=1S/C17H15N3O2/c21-15-14(11-12-7-3-1-4-8-12)16(22)20-17(19-15)18-13-9-5-2-6-10-13/h1-10H,11H2,(H3,18,19,20,21,22). The van der Waals surface area contributed by atoms with Crippen molar-refractivity contribution in [3.63, 3.8) is 0 Å². The van der Waals surface area contributed by atoms with Crippen LogP contribution in [0.3, 0.4) is 0 Å². The minimum Gasteiger partial charge on any atom is -0.493 e. The Bertz CT molecular complexity index is 814. The highest BCUT2D eigenvalue weighted by Crippen LogP contribution is 2.17. The molecule has 3 aromatic rings. The molecule has 110 valence electrons. The summed E-state index contributed by atoms with van der Waals surface area (Å²) in [6.07, 6.45) is 0.334. The van der Waals surface area contributed by atoms with E-state index in [2.05, 4.69) is 15.3 Å². The van der Waals surface area contributed by atoms with Crippen LogP contribution in [-0.2, 0) is 6.42 Å². The molecule has 0 spiro atoms. The smallest absolute Gasteiger partial charge is 0.259 e. The van der Waals surface area contributed by atoms with Crippen molar-refractivity contribution in [2.24, 2.45) is 0 Å². The number of nitrogens with zero attached hydrogens (tertiary/aromatic N) is 1. The van der Waals surface area contributed by atoms with Gasteiger partial charge in [0.05, 0.1) is 5.56 Å². The van der Waals surface area contributed by atoms with E-state index in [9.17, 15) is 9.90 Å². The van der Waals surface area contributed by atoms with E-state index >= 15 is 0 Å². The van der Waals surface area contributed by atoms with Crippen LogP contribution < -0.4 is 10.9 Å². The van der Waals surface area contributed by atoms with Gasteiger partial charge in [0.1, 0.15) is 0 Å². The maximum atomic E-state index is 12.2. The quantitative estimate of drug-likeness (QED) is 0.691. The van der Waals surface area contributed by atoms with Crippen LogP contribution >= 0.6 is 0 Å². The van der Waals surface area contributed by atoms with Gasteiger partial charge in [0.15, 0.2) is 0 Å². The van der Waals surface area contributed by atoms with Crippen molar-refractivity contribution in [1.82, 2.24) is 9.97 Å². The molecule has 0 aliphatic rings. The monoisotopic (exact) mass is 293 g/mol. The van der Waals surface area contributed by atoms with E-state index < -0.39 is 0 Å². The largest absolute Gasteiger partial charge is 0.493 e. The van der Waals surface area contributed by atoms with Gasteiger partial charge in [-0.25, -0.2) is 0 Å². The molecule has 0 aliphatic heterocycles. The second-order valence-electron chi connectivity index (χ2n) is 4.87. The Labute approximate surface area is 127 Å². The third-order valence-electron chi connectivity index (χ3n) is 3.25. The molecule has 3 N–H and O–H groups in total. The molecule has 1 aromatic heterocycles. The Morgan fingerprint density at radius 3 is 2.27 bits per heavy atom. The number of hydrogen-bond donors (Lipinski definition) is 3. The van der Waals surface area contributed by atoms with Gasteiger partial charge in [-0.2, -0.15) is 4.98 Å². The van der Waals surface area contributed by atoms with E-state index in [4.69, 9.17) is 0 Å². The minimum atomic E-state index is -0.352. The van der Waals surface area contributed by atoms with Crippen LogP contribution in [0.1, 0.15) is 11.1 Å². The van der Waals surface area contributed by atoms with Crippen molar-refractivity contribution in [3.05, 3.63) is 82.1 Å². The van der Waals surface area contributed by atoms with E-state index in [0.717, 1.165) is 11.3 Å². The molecule has 0 aliphatic carbocycles. The van der Waals surface area contributed by atoms with Crippen molar-refractivity contribution >= 4 is 11.6 Å². The SMILES string of the molecule is O=c1[nH]c(Nc2ccccc2)nc(O)c1Cc1ccccc1. The first-order valence-corrected chi connectivity index (χ1v) is 6.90. The van der Waals surface area contributed by atoms with Crippen LogP contribution in [0.4, 0.5) is 11.6 Å². The van der Waals surface area contributed by atoms with Crippen molar-refractivity contribution in [2.45, 2.75) is 6.42 Å². The molecule has 22 heavy (non-hydrogen) atoms. The summed E-state index contributed by atoms with van der Waals surface area (Å²) in [5.41, 5.74) is 1.62. The fourth-order valence-electron chi connectivity index (χ4n) is 2.16. The van der Waals surface area contributed by atoms with Crippen molar-refractivity contribution in [1.29, 1.82) is 0 Å². The van der Waals surface area contributed by atoms with E-state index in [1.54, 1.807) is 0 Å². The lowest BCUT2D eigenvalue weighted by atomic mass is 10.1. The maximum Gasteiger partial charge on any atom is 0.259 e. The van der Waals surface area contributed by atoms with Gasteiger partial charge in [0.2, 0.25) is 11.8 Å². The van der Waals surface area contributed by atoms with Gasteiger partial charge in [-0.1, -0.05) is 48.5 Å². The van der Waals surface area contributed by atoms with Crippen LogP contribution in [0, 0.1) is 0 Å². The molecular weight excluding hydrogens is 278 g/mol. The summed E-state index contributed by atoms with van der Waals surface area (Å²) >= 11 is 0. The number of benzene rings is 2. The van der Waals surface area contributed by atoms with Crippen LogP contribution in [0.2, 0.25) is 0 Å². The van der Waals surface area contributed by atoms with E-state index in [-0.39, 0.29) is 23.0 Å². The first-order valence-electron chi connectivity index (χ1n) is 6.90. The Balaban J connectivity index is 1.87. The molecule has 0 bridgehead atoms. The zero-order valence-electron chi connectivity index (χ0n) is 11.8. The Morgan fingerprint density at radius 1 is 1.00 bits per heavy atom. The maximum absolute atomic E-state index is 12.2. The number of aromatic hydroxyl groups is 1. The number of H-pyrrole nitrogens is 1. The number of aromatic nitrogens is 2. The van der Waals surface area contributed by atoms with Gasteiger partial charge >= 0.3 is 0 Å². The third-order valence-corrected chi connectivity index (χ3v) is 3.25. The Kier molecular flexibility index (Phi) is 3.87. The number of hydrogen-bond acceptors (Lipinski definition) is 4. The van der Waals surface area contributed by atoms with Gasteiger partial charge < -0.3 is 10.4 Å². The minimum absolute atomic E-state index is 0.213. The first-order chi connectivity index (χ1) is 10.7. The lowest BCUT2D eigenvalue weighted by Gasteiger charge is -2.08. The highest BCUT2D eigenvalue weighted by molar-refractivity contribution is 5.53. The fourth-order valence-corrected chi connectivity index (χ4v) is 2.16. The highest BCUT2D eigenvalue weighted by atomic mass is 16.3. The fraction of sp³-hybridized carbons (Fsp3) is 0.0588. The predicted octanol–water partition coefficient (Wildman–Crippen LogP) is 2.81. The van der Waals surface area contributed by atoms with Crippen LogP contribution in [0.25, 0.3) is 0 Å². The second kappa shape index (κ2) is 6.13. The summed E-state index contributed by atoms with van der Waals surface area (Å²) in [7, 11) is 0. The Hall–Kier alpha value is -3.08. The summed E-state index contributed by atoms with van der Waals surface area (Å²) in [6, 6.07) is 18.8. The number of aromatic amines is 1. The summed E-state index contributed by atoms with van der Waals surface area (Å²) < 4.78 is 0. The summed E-state index contributed by atoms with van der Waals surface area (Å²) in [5, 5.41) is 13.0. The van der Waals surface area contributed by atoms with Crippen molar-refractivity contribution in [3.8, 4) is 5.88 Å². The second-order valence-corrected chi connectivity index (χ2v) is 4.87. The molecule has 0 radical (unpaired) electrons. The normalized spacial score (nSPS) is 10.4. The van der Waals surface area contributed by atoms with Crippen LogP contribution in [0.5, 0.6) is 5.88 Å². The number of para-hydroxylation sites is 1. The summed E-state index contributed by atoms with van der Waals surface area (Å²) in [4.78, 5) is 18.8. The molecule has 0 saturated carbocycles. The topological polar surface area (TPSA) is 78.0 Å². The molecule has 3 rings (SSSR count). The summed E-state index contributed by atoms with van der Waals surface area (Å²) in [5.74, 6) is -0.0449. The molecule has 0 fully saturated rings. The van der Waals surface area contributed by atoms with Crippen LogP contribution in [-0.4, -0.2) is 15.1 Å². The third kappa shape index (κ3) is 3.15.